The Morgan fingerprint density at radius 2 is 2.38 bits per heavy atom. The Bertz CT molecular complexity index is 247. The molecular formula is C7H13ClIN3O. The van der Waals surface area contributed by atoms with Crippen LogP contribution in [0.1, 0.15) is 5.69 Å². The van der Waals surface area contributed by atoms with Crippen molar-refractivity contribution in [3.63, 3.8) is 0 Å². The molecular weight excluding hydrogens is 304 g/mol. The summed E-state index contributed by atoms with van der Waals surface area (Å²) in [6.07, 6.45) is 2.42. The van der Waals surface area contributed by atoms with Gasteiger partial charge in [0.1, 0.15) is 3.70 Å². The molecule has 3 N–H and O–H groups in total. The Morgan fingerprint density at radius 1 is 1.77 bits per heavy atom. The van der Waals surface area contributed by atoms with Crippen molar-refractivity contribution >= 4 is 35.0 Å². The number of hydrogen-bond donors (Lipinski definition) is 2. The first-order valence-electron chi connectivity index (χ1n) is 3.67. The second-order valence-electron chi connectivity index (χ2n) is 2.74. The van der Waals surface area contributed by atoms with Crippen LogP contribution in [0.2, 0.25) is 0 Å². The largest absolute Gasteiger partial charge is 0.395 e. The van der Waals surface area contributed by atoms with Crippen LogP contribution in [0.4, 0.5) is 0 Å². The molecule has 1 atom stereocenters. The van der Waals surface area contributed by atoms with Crippen molar-refractivity contribution in [2.45, 2.75) is 12.5 Å². The number of nitrogens with zero attached hydrogens (tertiary/aromatic N) is 2. The molecule has 0 fully saturated rings. The molecule has 0 amide bonds. The third-order valence-corrected chi connectivity index (χ3v) is 2.60. The monoisotopic (exact) mass is 317 g/mol. The normalized spacial score (nSPS) is 12.3. The van der Waals surface area contributed by atoms with E-state index in [-0.39, 0.29) is 25.1 Å². The van der Waals surface area contributed by atoms with Gasteiger partial charge in [-0.15, -0.1) is 12.4 Å². The van der Waals surface area contributed by atoms with Crippen LogP contribution in [0.5, 0.6) is 0 Å². The van der Waals surface area contributed by atoms with Crippen molar-refractivity contribution in [1.82, 2.24) is 9.55 Å². The zero-order chi connectivity index (χ0) is 9.14. The molecule has 0 saturated heterocycles. The van der Waals surface area contributed by atoms with Gasteiger partial charge >= 0.3 is 0 Å². The number of nitrogens with two attached hydrogens (primary N) is 1. The maximum Gasteiger partial charge on any atom is 0.122 e. The molecule has 1 aromatic heterocycles. The zero-order valence-corrected chi connectivity index (χ0v) is 10.2. The maximum absolute atomic E-state index is 8.76. The fourth-order valence-corrected chi connectivity index (χ4v) is 1.69. The van der Waals surface area contributed by atoms with Gasteiger partial charge < -0.3 is 15.4 Å². The Kier molecular flexibility index (Phi) is 5.86. The smallest absolute Gasteiger partial charge is 0.122 e. The summed E-state index contributed by atoms with van der Waals surface area (Å²) in [5.41, 5.74) is 6.69. The van der Waals surface area contributed by atoms with Gasteiger partial charge in [0.15, 0.2) is 0 Å². The highest BCUT2D eigenvalue weighted by atomic mass is 127. The van der Waals surface area contributed by atoms with Crippen molar-refractivity contribution < 1.29 is 5.11 Å². The molecule has 0 radical (unpaired) electrons. The molecule has 13 heavy (non-hydrogen) atoms. The molecule has 1 rings (SSSR count). The summed E-state index contributed by atoms with van der Waals surface area (Å²) in [5.74, 6) is 0. The van der Waals surface area contributed by atoms with Crippen LogP contribution < -0.4 is 5.73 Å². The van der Waals surface area contributed by atoms with Gasteiger partial charge in [-0.3, -0.25) is 0 Å². The van der Waals surface area contributed by atoms with E-state index in [1.807, 2.05) is 11.6 Å². The van der Waals surface area contributed by atoms with Crippen molar-refractivity contribution in [2.75, 3.05) is 6.61 Å². The topological polar surface area (TPSA) is 64.1 Å². The number of hydrogen-bond acceptors (Lipinski definition) is 3. The minimum absolute atomic E-state index is 0. The van der Waals surface area contributed by atoms with Crippen molar-refractivity contribution in [2.24, 2.45) is 12.8 Å². The average molecular weight is 318 g/mol. The third kappa shape index (κ3) is 3.41. The first-order chi connectivity index (χ1) is 5.65. The van der Waals surface area contributed by atoms with Gasteiger partial charge in [-0.2, -0.15) is 0 Å². The number of aromatic nitrogens is 2. The summed E-state index contributed by atoms with van der Waals surface area (Å²) in [6.45, 7) is 0.0151. The lowest BCUT2D eigenvalue weighted by atomic mass is 10.2. The number of aliphatic hydroxyl groups excluding tert-OH is 1. The van der Waals surface area contributed by atoms with Crippen LogP contribution in [0.25, 0.3) is 0 Å². The van der Waals surface area contributed by atoms with E-state index in [9.17, 15) is 0 Å². The van der Waals surface area contributed by atoms with E-state index >= 15 is 0 Å². The Labute approximate surface area is 97.1 Å². The number of aliphatic hydroxyl groups is 1. The first kappa shape index (κ1) is 13.2. The fraction of sp³-hybridized carbons (Fsp3) is 0.571. The van der Waals surface area contributed by atoms with Crippen molar-refractivity contribution in [1.29, 1.82) is 0 Å². The lowest BCUT2D eigenvalue weighted by Gasteiger charge is -2.08. The maximum atomic E-state index is 8.76. The van der Waals surface area contributed by atoms with Gasteiger partial charge in [0, 0.05) is 19.5 Å². The Hall–Kier alpha value is 0.150. The van der Waals surface area contributed by atoms with E-state index in [1.54, 1.807) is 6.33 Å². The first-order valence-corrected chi connectivity index (χ1v) is 4.75. The molecule has 0 aliphatic carbocycles. The second kappa shape index (κ2) is 5.79. The molecule has 1 aromatic rings. The number of aryl methyl sites for hydroxylation is 1. The summed E-state index contributed by atoms with van der Waals surface area (Å²) in [6, 6.07) is -0.186. The molecule has 76 valence electrons. The predicted molar refractivity (Wildman–Crippen MR) is 61.9 cm³/mol. The van der Waals surface area contributed by atoms with Crippen LogP contribution in [0, 0.1) is 3.70 Å². The summed E-state index contributed by atoms with van der Waals surface area (Å²) in [5, 5.41) is 8.76. The van der Waals surface area contributed by atoms with Gasteiger partial charge in [0.05, 0.1) is 18.6 Å². The zero-order valence-electron chi connectivity index (χ0n) is 7.27. The van der Waals surface area contributed by atoms with Crippen molar-refractivity contribution in [3.8, 4) is 0 Å². The molecule has 4 nitrogen and oxygen atoms in total. The number of halogens is 2. The molecule has 0 spiro atoms. The van der Waals surface area contributed by atoms with Crippen LogP contribution in [-0.2, 0) is 13.5 Å². The molecule has 6 heteroatoms. The minimum atomic E-state index is -0.186. The molecule has 1 unspecified atom stereocenters. The number of imidazole rings is 1. The Morgan fingerprint density at radius 3 is 2.77 bits per heavy atom. The molecule has 0 bridgehead atoms. The second-order valence-corrected chi connectivity index (χ2v) is 3.76. The van der Waals surface area contributed by atoms with Gasteiger partial charge in [0.25, 0.3) is 0 Å². The average Bonchev–Trinajstić information content (AvgIpc) is 2.35. The summed E-state index contributed by atoms with van der Waals surface area (Å²) < 4.78 is 2.89. The number of rotatable bonds is 3. The van der Waals surface area contributed by atoms with Crippen LogP contribution in [0.15, 0.2) is 6.33 Å². The summed E-state index contributed by atoms with van der Waals surface area (Å²) in [4.78, 5) is 4.12. The van der Waals surface area contributed by atoms with Crippen LogP contribution in [0.3, 0.4) is 0 Å². The van der Waals surface area contributed by atoms with E-state index in [2.05, 4.69) is 27.6 Å². The molecule has 0 aliphatic heterocycles. The van der Waals surface area contributed by atoms with Crippen LogP contribution >= 0.6 is 35.0 Å². The highest BCUT2D eigenvalue weighted by molar-refractivity contribution is 14.1. The van der Waals surface area contributed by atoms with Crippen LogP contribution in [-0.4, -0.2) is 27.3 Å². The van der Waals surface area contributed by atoms with Gasteiger partial charge in [-0.25, -0.2) is 4.98 Å². The van der Waals surface area contributed by atoms with E-state index in [0.717, 1.165) is 9.39 Å². The third-order valence-electron chi connectivity index (χ3n) is 1.70. The highest BCUT2D eigenvalue weighted by Crippen LogP contribution is 2.10. The van der Waals surface area contributed by atoms with Gasteiger partial charge in [0.2, 0.25) is 0 Å². The van der Waals surface area contributed by atoms with Gasteiger partial charge in [-0.1, -0.05) is 0 Å². The van der Waals surface area contributed by atoms with E-state index in [1.165, 1.54) is 0 Å². The van der Waals surface area contributed by atoms with E-state index in [0.29, 0.717) is 6.42 Å². The minimum Gasteiger partial charge on any atom is -0.395 e. The lowest BCUT2D eigenvalue weighted by Crippen LogP contribution is -2.28. The standard InChI is InChI=1S/C7H12IN3O.ClH/c1-11-4-10-7(8)6(11)2-5(9)3-12;/h4-5,12H,2-3,9H2,1H3;1H. The predicted octanol–water partition coefficient (Wildman–Crippen LogP) is 0.309. The SMILES string of the molecule is Cl.Cn1cnc(I)c1CC(N)CO. The highest BCUT2D eigenvalue weighted by Gasteiger charge is 2.09. The molecule has 0 aromatic carbocycles. The lowest BCUT2D eigenvalue weighted by molar-refractivity contribution is 0.264. The van der Waals surface area contributed by atoms with E-state index < -0.39 is 0 Å². The molecule has 1 heterocycles. The Balaban J connectivity index is 0.00000144. The summed E-state index contributed by atoms with van der Waals surface area (Å²) in [7, 11) is 1.93. The van der Waals surface area contributed by atoms with Crippen molar-refractivity contribution in [3.05, 3.63) is 15.7 Å². The quantitative estimate of drug-likeness (QED) is 0.789. The summed E-state index contributed by atoms with van der Waals surface area (Å²) >= 11 is 2.16. The van der Waals surface area contributed by atoms with Gasteiger partial charge in [-0.05, 0) is 22.6 Å². The fourth-order valence-electron chi connectivity index (χ4n) is 0.968. The molecule has 0 saturated carbocycles. The molecule has 0 aliphatic rings. The van der Waals surface area contributed by atoms with E-state index in [4.69, 9.17) is 10.8 Å².